The number of fused-ring (bicyclic) bond motifs is 1. The summed E-state index contributed by atoms with van der Waals surface area (Å²) < 4.78 is 33.1. The molecule has 1 amide bonds. The summed E-state index contributed by atoms with van der Waals surface area (Å²) in [5.74, 6) is 0.569. The highest BCUT2D eigenvalue weighted by Crippen LogP contribution is 2.28. The van der Waals surface area contributed by atoms with Crippen LogP contribution >= 0.6 is 0 Å². The Bertz CT molecular complexity index is 936. The Labute approximate surface area is 160 Å². The van der Waals surface area contributed by atoms with Gasteiger partial charge in [-0.15, -0.1) is 0 Å². The van der Waals surface area contributed by atoms with E-state index >= 15 is 0 Å². The van der Waals surface area contributed by atoms with Crippen molar-refractivity contribution < 1.29 is 17.6 Å². The third-order valence-electron chi connectivity index (χ3n) is 5.78. The van der Waals surface area contributed by atoms with Gasteiger partial charge in [-0.05, 0) is 55.9 Å². The molecule has 1 aromatic carbocycles. The first kappa shape index (κ1) is 18.5. The quantitative estimate of drug-likeness (QED) is 0.866. The van der Waals surface area contributed by atoms with Crippen molar-refractivity contribution in [2.45, 2.75) is 56.4 Å². The summed E-state index contributed by atoms with van der Waals surface area (Å²) in [4.78, 5) is 12.7. The Morgan fingerprint density at radius 1 is 1.11 bits per heavy atom. The summed E-state index contributed by atoms with van der Waals surface area (Å²) in [7, 11) is -3.52. The molecule has 2 aliphatic rings. The first-order valence-corrected chi connectivity index (χ1v) is 11.2. The van der Waals surface area contributed by atoms with Gasteiger partial charge in [-0.1, -0.05) is 19.8 Å². The van der Waals surface area contributed by atoms with Crippen LogP contribution in [0.5, 0.6) is 0 Å². The third-order valence-corrected chi connectivity index (χ3v) is 7.68. The van der Waals surface area contributed by atoms with Crippen molar-refractivity contribution in [1.82, 2.24) is 9.62 Å². The van der Waals surface area contributed by atoms with E-state index in [-0.39, 0.29) is 22.6 Å². The maximum Gasteiger partial charge on any atom is 0.287 e. The first-order chi connectivity index (χ1) is 12.9. The highest BCUT2D eigenvalue weighted by Gasteiger charge is 2.28. The van der Waals surface area contributed by atoms with Crippen molar-refractivity contribution >= 4 is 26.9 Å². The van der Waals surface area contributed by atoms with Crippen molar-refractivity contribution in [3.8, 4) is 0 Å². The van der Waals surface area contributed by atoms with Gasteiger partial charge in [0, 0.05) is 24.5 Å². The number of hydrogen-bond acceptors (Lipinski definition) is 4. The molecule has 1 N–H and O–H groups in total. The second kappa shape index (κ2) is 7.28. The van der Waals surface area contributed by atoms with Crippen molar-refractivity contribution in [3.05, 3.63) is 30.0 Å². The van der Waals surface area contributed by atoms with Crippen LogP contribution in [0, 0.1) is 5.92 Å². The van der Waals surface area contributed by atoms with E-state index in [2.05, 4.69) is 12.2 Å². The molecule has 2 fully saturated rings. The predicted molar refractivity (Wildman–Crippen MR) is 103 cm³/mol. The van der Waals surface area contributed by atoms with Gasteiger partial charge in [0.2, 0.25) is 10.0 Å². The molecule has 2 aromatic rings. The largest absolute Gasteiger partial charge is 0.451 e. The molecule has 0 unspecified atom stereocenters. The van der Waals surface area contributed by atoms with Crippen LogP contribution in [0.4, 0.5) is 0 Å². The standard InChI is InChI=1S/C20H26N2O4S/c1-14-8-10-22(11-9-14)27(24,25)17-6-7-18-15(12-17)13-19(26-18)20(23)21-16-4-2-3-5-16/h6-7,12-14,16H,2-5,8-11H2,1H3,(H,21,23). The zero-order valence-corrected chi connectivity index (χ0v) is 16.4. The van der Waals surface area contributed by atoms with Gasteiger partial charge in [0.1, 0.15) is 5.58 Å². The van der Waals surface area contributed by atoms with Gasteiger partial charge >= 0.3 is 0 Å². The minimum atomic E-state index is -3.52. The number of carbonyl (C=O) groups is 1. The lowest BCUT2D eigenvalue weighted by Gasteiger charge is -2.29. The average Bonchev–Trinajstić information content (AvgIpc) is 3.30. The molecule has 1 aromatic heterocycles. The van der Waals surface area contributed by atoms with E-state index in [1.165, 1.54) is 0 Å². The fourth-order valence-corrected chi connectivity index (χ4v) is 5.50. The second-order valence-electron chi connectivity index (χ2n) is 7.85. The number of furan rings is 1. The van der Waals surface area contributed by atoms with E-state index in [9.17, 15) is 13.2 Å². The van der Waals surface area contributed by atoms with E-state index in [0.29, 0.717) is 30.0 Å². The number of hydrogen-bond donors (Lipinski definition) is 1. The number of sulfonamides is 1. The van der Waals surface area contributed by atoms with Crippen LogP contribution in [-0.4, -0.2) is 37.8 Å². The van der Waals surface area contributed by atoms with Crippen LogP contribution in [0.3, 0.4) is 0 Å². The van der Waals surface area contributed by atoms with Gasteiger partial charge in [-0.25, -0.2) is 8.42 Å². The fourth-order valence-electron chi connectivity index (χ4n) is 3.99. The zero-order valence-electron chi connectivity index (χ0n) is 15.6. The minimum absolute atomic E-state index is 0.211. The molecule has 4 rings (SSSR count). The van der Waals surface area contributed by atoms with E-state index < -0.39 is 10.0 Å². The van der Waals surface area contributed by atoms with Crippen molar-refractivity contribution in [3.63, 3.8) is 0 Å². The number of amides is 1. The normalized spacial score (nSPS) is 20.3. The summed E-state index contributed by atoms with van der Waals surface area (Å²) in [6, 6.07) is 6.66. The van der Waals surface area contributed by atoms with Crippen LogP contribution in [0.25, 0.3) is 11.0 Å². The van der Waals surface area contributed by atoms with Gasteiger partial charge < -0.3 is 9.73 Å². The summed E-state index contributed by atoms with van der Waals surface area (Å²) >= 11 is 0. The fraction of sp³-hybridized carbons (Fsp3) is 0.550. The van der Waals surface area contributed by atoms with Gasteiger partial charge in [-0.3, -0.25) is 4.79 Å². The van der Waals surface area contributed by atoms with Crippen LogP contribution < -0.4 is 5.32 Å². The molecule has 1 saturated carbocycles. The third kappa shape index (κ3) is 3.75. The zero-order chi connectivity index (χ0) is 19.0. The molecule has 1 saturated heterocycles. The topological polar surface area (TPSA) is 79.6 Å². The predicted octanol–water partition coefficient (Wildman–Crippen LogP) is 3.53. The Balaban J connectivity index is 1.56. The maximum absolute atomic E-state index is 12.9. The van der Waals surface area contributed by atoms with E-state index in [4.69, 9.17) is 4.42 Å². The molecule has 27 heavy (non-hydrogen) atoms. The van der Waals surface area contributed by atoms with Gasteiger partial charge in [0.25, 0.3) is 5.91 Å². The SMILES string of the molecule is CC1CCN(S(=O)(=O)c2ccc3oc(C(=O)NC4CCCC4)cc3c2)CC1. The molecule has 0 atom stereocenters. The number of carbonyl (C=O) groups excluding carboxylic acids is 1. The highest BCUT2D eigenvalue weighted by atomic mass is 32.2. The van der Waals surface area contributed by atoms with E-state index in [0.717, 1.165) is 38.5 Å². The van der Waals surface area contributed by atoms with Crippen molar-refractivity contribution in [2.24, 2.45) is 5.92 Å². The monoisotopic (exact) mass is 390 g/mol. The summed E-state index contributed by atoms with van der Waals surface area (Å²) in [5, 5.41) is 3.63. The minimum Gasteiger partial charge on any atom is -0.451 e. The molecule has 2 heterocycles. The summed E-state index contributed by atoms with van der Waals surface area (Å²) in [6.07, 6.45) is 6.06. The Morgan fingerprint density at radius 3 is 2.52 bits per heavy atom. The highest BCUT2D eigenvalue weighted by molar-refractivity contribution is 7.89. The van der Waals surface area contributed by atoms with Gasteiger partial charge in [0.15, 0.2) is 5.76 Å². The molecule has 6 nitrogen and oxygen atoms in total. The number of nitrogens with one attached hydrogen (secondary N) is 1. The molecule has 1 aliphatic carbocycles. The van der Waals surface area contributed by atoms with Gasteiger partial charge in [0.05, 0.1) is 4.90 Å². The van der Waals surface area contributed by atoms with Crippen LogP contribution in [0.2, 0.25) is 0 Å². The van der Waals surface area contributed by atoms with E-state index in [1.807, 2.05) is 0 Å². The smallest absolute Gasteiger partial charge is 0.287 e. The molecule has 0 spiro atoms. The second-order valence-corrected chi connectivity index (χ2v) is 9.79. The van der Waals surface area contributed by atoms with E-state index in [1.54, 1.807) is 28.6 Å². The first-order valence-electron chi connectivity index (χ1n) is 9.78. The molecular weight excluding hydrogens is 364 g/mol. The molecular formula is C20H26N2O4S. The van der Waals surface area contributed by atoms with Crippen molar-refractivity contribution in [1.29, 1.82) is 0 Å². The molecule has 0 radical (unpaired) electrons. The van der Waals surface area contributed by atoms with Crippen molar-refractivity contribution in [2.75, 3.05) is 13.1 Å². The lowest BCUT2D eigenvalue weighted by Crippen LogP contribution is -2.37. The lowest BCUT2D eigenvalue weighted by molar-refractivity contribution is 0.0912. The molecule has 1 aliphatic heterocycles. The lowest BCUT2D eigenvalue weighted by atomic mass is 10.0. The number of piperidine rings is 1. The number of benzene rings is 1. The molecule has 0 bridgehead atoms. The maximum atomic E-state index is 12.9. The van der Waals surface area contributed by atoms with Crippen LogP contribution in [-0.2, 0) is 10.0 Å². The van der Waals surface area contributed by atoms with Crippen LogP contribution in [0.1, 0.15) is 56.0 Å². The average molecular weight is 391 g/mol. The number of rotatable bonds is 4. The Kier molecular flexibility index (Phi) is 4.99. The molecule has 146 valence electrons. The Morgan fingerprint density at radius 2 is 1.81 bits per heavy atom. The summed E-state index contributed by atoms with van der Waals surface area (Å²) in [6.45, 7) is 3.27. The number of nitrogens with zero attached hydrogens (tertiary/aromatic N) is 1. The molecule has 7 heteroatoms. The Hall–Kier alpha value is -1.86. The van der Waals surface area contributed by atoms with Gasteiger partial charge in [-0.2, -0.15) is 4.31 Å². The van der Waals surface area contributed by atoms with Crippen LogP contribution in [0.15, 0.2) is 33.6 Å². The summed E-state index contributed by atoms with van der Waals surface area (Å²) in [5.41, 5.74) is 0.526.